The molecule has 0 radical (unpaired) electrons. The zero-order valence-corrected chi connectivity index (χ0v) is 19.5. The van der Waals surface area contributed by atoms with E-state index in [9.17, 15) is 9.90 Å². The van der Waals surface area contributed by atoms with Gasteiger partial charge in [-0.15, -0.1) is 0 Å². The summed E-state index contributed by atoms with van der Waals surface area (Å²) in [6.45, 7) is 11.3. The maximum Gasteiger partial charge on any atom is 0.253 e. The molecule has 3 aromatic heterocycles. The first-order valence-corrected chi connectivity index (χ1v) is 10.9. The average Bonchev–Trinajstić information content (AvgIpc) is 2.80. The SMILES string of the molecule is C=C(/C(C)=C\c1nccc(=O)n1C)N1CCc2ncc(-c3cncc(C(C)(C)O)c3)cc2C1. The van der Waals surface area contributed by atoms with E-state index >= 15 is 0 Å². The fourth-order valence-electron chi connectivity index (χ4n) is 3.90. The number of rotatable bonds is 5. The van der Waals surface area contributed by atoms with E-state index in [0.717, 1.165) is 52.2 Å². The third kappa shape index (κ3) is 4.78. The Bertz CT molecular complexity index is 1300. The average molecular weight is 444 g/mol. The van der Waals surface area contributed by atoms with Crippen molar-refractivity contribution in [3.63, 3.8) is 0 Å². The van der Waals surface area contributed by atoms with Crippen molar-refractivity contribution >= 4 is 6.08 Å². The molecule has 7 heteroatoms. The molecule has 0 atom stereocenters. The molecule has 0 fully saturated rings. The highest BCUT2D eigenvalue weighted by Gasteiger charge is 2.21. The van der Waals surface area contributed by atoms with Gasteiger partial charge in [0, 0.05) is 85.5 Å². The van der Waals surface area contributed by atoms with Gasteiger partial charge in [-0.1, -0.05) is 6.58 Å². The zero-order chi connectivity index (χ0) is 23.8. The highest BCUT2D eigenvalue weighted by molar-refractivity contribution is 5.64. The lowest BCUT2D eigenvalue weighted by Crippen LogP contribution is -2.30. The highest BCUT2D eigenvalue weighted by Crippen LogP contribution is 2.29. The van der Waals surface area contributed by atoms with E-state index in [0.29, 0.717) is 12.4 Å². The molecule has 0 saturated heterocycles. The van der Waals surface area contributed by atoms with Gasteiger partial charge in [0.25, 0.3) is 5.56 Å². The van der Waals surface area contributed by atoms with Gasteiger partial charge in [-0.25, -0.2) is 4.98 Å². The van der Waals surface area contributed by atoms with Crippen LogP contribution < -0.4 is 5.56 Å². The molecule has 0 bridgehead atoms. The highest BCUT2D eigenvalue weighted by atomic mass is 16.3. The fourth-order valence-corrected chi connectivity index (χ4v) is 3.90. The Morgan fingerprint density at radius 3 is 2.70 bits per heavy atom. The number of nitrogens with zero attached hydrogens (tertiary/aromatic N) is 5. The molecule has 3 aromatic rings. The molecule has 0 amide bonds. The number of hydrogen-bond donors (Lipinski definition) is 1. The van der Waals surface area contributed by atoms with Crippen LogP contribution in [0.25, 0.3) is 17.2 Å². The summed E-state index contributed by atoms with van der Waals surface area (Å²) < 4.78 is 1.52. The molecule has 1 aliphatic rings. The van der Waals surface area contributed by atoms with E-state index < -0.39 is 5.60 Å². The van der Waals surface area contributed by atoms with Crippen LogP contribution in [-0.2, 0) is 25.6 Å². The van der Waals surface area contributed by atoms with Gasteiger partial charge < -0.3 is 10.0 Å². The predicted octanol–water partition coefficient (Wildman–Crippen LogP) is 3.44. The molecule has 4 heterocycles. The topological polar surface area (TPSA) is 84.1 Å². The van der Waals surface area contributed by atoms with Crippen LogP contribution >= 0.6 is 0 Å². The minimum absolute atomic E-state index is 0.0942. The fraction of sp³-hybridized carbons (Fsp3) is 0.308. The molecule has 1 N–H and O–H groups in total. The van der Waals surface area contributed by atoms with Crippen LogP contribution in [0.1, 0.15) is 43.4 Å². The maximum absolute atomic E-state index is 11.9. The molecule has 0 spiro atoms. The predicted molar refractivity (Wildman–Crippen MR) is 129 cm³/mol. The third-order valence-electron chi connectivity index (χ3n) is 6.10. The van der Waals surface area contributed by atoms with Crippen LogP contribution in [0.4, 0.5) is 0 Å². The minimum atomic E-state index is -0.958. The normalized spacial score (nSPS) is 14.2. The molecular formula is C26H29N5O2. The van der Waals surface area contributed by atoms with Crippen molar-refractivity contribution in [3.05, 3.63) is 93.8 Å². The molecule has 0 aliphatic carbocycles. The van der Waals surface area contributed by atoms with E-state index in [1.165, 1.54) is 16.8 Å². The lowest BCUT2D eigenvalue weighted by atomic mass is 9.96. The Morgan fingerprint density at radius 2 is 1.94 bits per heavy atom. The summed E-state index contributed by atoms with van der Waals surface area (Å²) in [6.07, 6.45) is 9.60. The van der Waals surface area contributed by atoms with Crippen molar-refractivity contribution in [1.29, 1.82) is 0 Å². The zero-order valence-electron chi connectivity index (χ0n) is 19.5. The molecule has 0 aromatic carbocycles. The van der Waals surface area contributed by atoms with Crippen LogP contribution in [0, 0.1) is 0 Å². The second-order valence-corrected chi connectivity index (χ2v) is 9.00. The van der Waals surface area contributed by atoms with E-state index in [1.807, 2.05) is 25.3 Å². The Kier molecular flexibility index (Phi) is 5.99. The Labute approximate surface area is 193 Å². The molecule has 1 aliphatic heterocycles. The number of allylic oxidation sites excluding steroid dienone is 1. The van der Waals surface area contributed by atoms with Crippen molar-refractivity contribution in [2.24, 2.45) is 7.05 Å². The molecule has 0 unspecified atom stereocenters. The molecule has 33 heavy (non-hydrogen) atoms. The molecule has 170 valence electrons. The van der Waals surface area contributed by atoms with Crippen LogP contribution in [-0.4, -0.2) is 36.1 Å². The van der Waals surface area contributed by atoms with Gasteiger partial charge in [-0.3, -0.25) is 19.3 Å². The Balaban J connectivity index is 1.58. The lowest BCUT2D eigenvalue weighted by Gasteiger charge is -2.32. The monoisotopic (exact) mass is 443 g/mol. The summed E-state index contributed by atoms with van der Waals surface area (Å²) in [5, 5.41) is 10.3. The summed E-state index contributed by atoms with van der Waals surface area (Å²) in [5.41, 5.74) is 5.69. The summed E-state index contributed by atoms with van der Waals surface area (Å²) in [5.74, 6) is 0.599. The summed E-state index contributed by atoms with van der Waals surface area (Å²) in [4.78, 5) is 27.4. The second-order valence-electron chi connectivity index (χ2n) is 9.00. The summed E-state index contributed by atoms with van der Waals surface area (Å²) in [7, 11) is 1.71. The van der Waals surface area contributed by atoms with Gasteiger partial charge in [0.05, 0.1) is 5.60 Å². The van der Waals surface area contributed by atoms with Crippen LogP contribution in [0.2, 0.25) is 0 Å². The third-order valence-corrected chi connectivity index (χ3v) is 6.10. The van der Waals surface area contributed by atoms with Crippen molar-refractivity contribution in [2.45, 2.75) is 39.3 Å². The Hall–Kier alpha value is -3.58. The van der Waals surface area contributed by atoms with Gasteiger partial charge in [0.1, 0.15) is 5.82 Å². The van der Waals surface area contributed by atoms with E-state index in [2.05, 4.69) is 27.5 Å². The summed E-state index contributed by atoms with van der Waals surface area (Å²) in [6, 6.07) is 5.55. The smallest absolute Gasteiger partial charge is 0.253 e. The van der Waals surface area contributed by atoms with Crippen molar-refractivity contribution in [2.75, 3.05) is 6.54 Å². The largest absolute Gasteiger partial charge is 0.386 e. The van der Waals surface area contributed by atoms with E-state index in [-0.39, 0.29) is 5.56 Å². The number of pyridine rings is 2. The molecule has 4 rings (SSSR count). The van der Waals surface area contributed by atoms with E-state index in [1.54, 1.807) is 33.3 Å². The number of fused-ring (bicyclic) bond motifs is 1. The Morgan fingerprint density at radius 1 is 1.18 bits per heavy atom. The van der Waals surface area contributed by atoms with Crippen LogP contribution in [0.5, 0.6) is 0 Å². The minimum Gasteiger partial charge on any atom is -0.386 e. The van der Waals surface area contributed by atoms with Crippen molar-refractivity contribution in [1.82, 2.24) is 24.4 Å². The number of aliphatic hydroxyl groups is 1. The van der Waals surface area contributed by atoms with Gasteiger partial charge in [-0.05, 0) is 50.1 Å². The van der Waals surface area contributed by atoms with Crippen molar-refractivity contribution < 1.29 is 5.11 Å². The number of aromatic nitrogens is 4. The quantitative estimate of drug-likeness (QED) is 0.608. The van der Waals surface area contributed by atoms with Gasteiger partial charge in [0.15, 0.2) is 0 Å². The van der Waals surface area contributed by atoms with Crippen LogP contribution in [0.15, 0.2) is 65.6 Å². The van der Waals surface area contributed by atoms with E-state index in [4.69, 9.17) is 4.98 Å². The van der Waals surface area contributed by atoms with Gasteiger partial charge >= 0.3 is 0 Å². The van der Waals surface area contributed by atoms with Gasteiger partial charge in [0.2, 0.25) is 0 Å². The molecule has 0 saturated carbocycles. The second kappa shape index (κ2) is 8.75. The first-order chi connectivity index (χ1) is 15.6. The first-order valence-electron chi connectivity index (χ1n) is 10.9. The van der Waals surface area contributed by atoms with Gasteiger partial charge in [-0.2, -0.15) is 0 Å². The van der Waals surface area contributed by atoms with Crippen molar-refractivity contribution in [3.8, 4) is 11.1 Å². The standard InChI is InChI=1S/C26H29N5O2/c1-17(10-24-28-8-6-25(32)30(24)5)18(2)31-9-7-23-21(16-31)11-19(14-29-23)20-12-22(15-27-13-20)26(3,4)33/h6,8,10-15,33H,2,7,9,16H2,1,3-5H3/b17-10-. The molecular weight excluding hydrogens is 414 g/mol. The maximum atomic E-state index is 11.9. The number of hydrogen-bond acceptors (Lipinski definition) is 6. The first kappa shape index (κ1) is 22.6. The lowest BCUT2D eigenvalue weighted by molar-refractivity contribution is 0.0783. The van der Waals surface area contributed by atoms with Crippen LogP contribution in [0.3, 0.4) is 0 Å². The summed E-state index contributed by atoms with van der Waals surface area (Å²) >= 11 is 0. The molecule has 7 nitrogen and oxygen atoms in total.